The summed E-state index contributed by atoms with van der Waals surface area (Å²) in [6.45, 7) is 8.02. The number of piperidine rings is 1. The van der Waals surface area contributed by atoms with Crippen molar-refractivity contribution in [3.05, 3.63) is 120 Å². The highest BCUT2D eigenvalue weighted by Gasteiger charge is 2.33. The second kappa shape index (κ2) is 10.4. The SMILES string of the molecule is C=C1CN(Cc2ccccc2)C[C@H](OCc2ccccc2)[C@@H]1OCc1ccccc1. The van der Waals surface area contributed by atoms with Gasteiger partial charge in [0.25, 0.3) is 0 Å². The molecule has 3 aromatic carbocycles. The Labute approximate surface area is 179 Å². The van der Waals surface area contributed by atoms with Crippen LogP contribution in [0.1, 0.15) is 16.7 Å². The molecule has 1 aliphatic rings. The number of hydrogen-bond donors (Lipinski definition) is 0. The van der Waals surface area contributed by atoms with E-state index in [-0.39, 0.29) is 12.2 Å². The number of nitrogens with zero attached hydrogens (tertiary/aromatic N) is 1. The fraction of sp³-hybridized carbons (Fsp3) is 0.259. The average Bonchev–Trinajstić information content (AvgIpc) is 2.79. The number of hydrogen-bond acceptors (Lipinski definition) is 3. The molecule has 3 heteroatoms. The molecule has 1 aliphatic heterocycles. The van der Waals surface area contributed by atoms with Crippen LogP contribution in [0, 0.1) is 0 Å². The van der Waals surface area contributed by atoms with Crippen LogP contribution in [0.4, 0.5) is 0 Å². The van der Waals surface area contributed by atoms with Gasteiger partial charge in [0.05, 0.1) is 13.2 Å². The summed E-state index contributed by atoms with van der Waals surface area (Å²) in [6.07, 6.45) is -0.167. The fourth-order valence-corrected chi connectivity index (χ4v) is 3.92. The molecule has 154 valence electrons. The van der Waals surface area contributed by atoms with Gasteiger partial charge in [0.2, 0.25) is 0 Å². The monoisotopic (exact) mass is 399 g/mol. The molecular weight excluding hydrogens is 370 g/mol. The molecule has 0 aliphatic carbocycles. The van der Waals surface area contributed by atoms with Crippen LogP contribution in [-0.4, -0.2) is 30.2 Å². The zero-order valence-electron chi connectivity index (χ0n) is 17.3. The van der Waals surface area contributed by atoms with E-state index in [1.807, 2.05) is 36.4 Å². The summed E-state index contributed by atoms with van der Waals surface area (Å²) in [7, 11) is 0. The summed E-state index contributed by atoms with van der Waals surface area (Å²) in [6, 6.07) is 31.2. The van der Waals surface area contributed by atoms with E-state index in [1.54, 1.807) is 0 Å². The first kappa shape index (κ1) is 20.5. The van der Waals surface area contributed by atoms with E-state index in [9.17, 15) is 0 Å². The normalized spacial score (nSPS) is 19.7. The van der Waals surface area contributed by atoms with Crippen LogP contribution >= 0.6 is 0 Å². The summed E-state index contributed by atoms with van der Waals surface area (Å²) in [5.41, 5.74) is 4.71. The van der Waals surface area contributed by atoms with Crippen LogP contribution < -0.4 is 0 Å². The van der Waals surface area contributed by atoms with Gasteiger partial charge in [-0.25, -0.2) is 0 Å². The summed E-state index contributed by atoms with van der Waals surface area (Å²) < 4.78 is 12.7. The number of benzene rings is 3. The maximum absolute atomic E-state index is 6.38. The van der Waals surface area contributed by atoms with Crippen molar-refractivity contribution in [2.24, 2.45) is 0 Å². The number of likely N-dealkylation sites (tertiary alicyclic amines) is 1. The minimum Gasteiger partial charge on any atom is -0.369 e. The largest absolute Gasteiger partial charge is 0.369 e. The Morgan fingerprint density at radius 3 is 1.77 bits per heavy atom. The van der Waals surface area contributed by atoms with Gasteiger partial charge >= 0.3 is 0 Å². The number of ether oxygens (including phenoxy) is 2. The van der Waals surface area contributed by atoms with Crippen molar-refractivity contribution >= 4 is 0 Å². The minimum atomic E-state index is -0.110. The van der Waals surface area contributed by atoms with Gasteiger partial charge in [0, 0.05) is 19.6 Å². The first-order valence-electron chi connectivity index (χ1n) is 10.5. The lowest BCUT2D eigenvalue weighted by Gasteiger charge is -2.39. The maximum Gasteiger partial charge on any atom is 0.107 e. The Balaban J connectivity index is 1.44. The summed E-state index contributed by atoms with van der Waals surface area (Å²) >= 11 is 0. The van der Waals surface area contributed by atoms with E-state index in [0.29, 0.717) is 13.2 Å². The topological polar surface area (TPSA) is 21.7 Å². The molecule has 1 saturated heterocycles. The van der Waals surface area contributed by atoms with Gasteiger partial charge in [0.15, 0.2) is 0 Å². The van der Waals surface area contributed by atoms with Crippen LogP contribution in [0.2, 0.25) is 0 Å². The van der Waals surface area contributed by atoms with Gasteiger partial charge in [-0.1, -0.05) is 97.6 Å². The van der Waals surface area contributed by atoms with Crippen molar-refractivity contribution in [1.29, 1.82) is 0 Å². The molecule has 0 amide bonds. The van der Waals surface area contributed by atoms with Gasteiger partial charge in [-0.05, 0) is 22.3 Å². The Morgan fingerprint density at radius 1 is 0.700 bits per heavy atom. The molecule has 3 nitrogen and oxygen atoms in total. The van der Waals surface area contributed by atoms with Gasteiger partial charge < -0.3 is 9.47 Å². The number of rotatable bonds is 8. The van der Waals surface area contributed by atoms with Crippen molar-refractivity contribution in [1.82, 2.24) is 4.90 Å². The predicted octanol–water partition coefficient (Wildman–Crippen LogP) is 5.23. The first-order chi connectivity index (χ1) is 14.8. The second-order valence-corrected chi connectivity index (χ2v) is 7.87. The molecule has 30 heavy (non-hydrogen) atoms. The molecule has 1 heterocycles. The van der Waals surface area contributed by atoms with E-state index >= 15 is 0 Å². The second-order valence-electron chi connectivity index (χ2n) is 7.87. The van der Waals surface area contributed by atoms with Gasteiger partial charge in [-0.2, -0.15) is 0 Å². The summed E-state index contributed by atoms with van der Waals surface area (Å²) in [4.78, 5) is 2.40. The molecule has 0 spiro atoms. The zero-order chi connectivity index (χ0) is 20.6. The Bertz CT molecular complexity index is 911. The molecule has 0 unspecified atom stereocenters. The van der Waals surface area contributed by atoms with Crippen molar-refractivity contribution in [2.45, 2.75) is 32.0 Å². The third kappa shape index (κ3) is 5.67. The van der Waals surface area contributed by atoms with E-state index in [1.165, 1.54) is 16.7 Å². The Morgan fingerprint density at radius 2 is 1.20 bits per heavy atom. The van der Waals surface area contributed by atoms with Crippen LogP contribution in [-0.2, 0) is 29.2 Å². The first-order valence-corrected chi connectivity index (χ1v) is 10.5. The fourth-order valence-electron chi connectivity index (χ4n) is 3.92. The maximum atomic E-state index is 6.38. The molecule has 0 saturated carbocycles. The van der Waals surface area contributed by atoms with E-state index in [4.69, 9.17) is 9.47 Å². The van der Waals surface area contributed by atoms with Crippen molar-refractivity contribution < 1.29 is 9.47 Å². The molecule has 4 rings (SSSR count). The minimum absolute atomic E-state index is 0.0566. The molecular formula is C27H29NO2. The lowest BCUT2D eigenvalue weighted by atomic mass is 9.98. The van der Waals surface area contributed by atoms with E-state index in [0.717, 1.165) is 25.2 Å². The Hall–Kier alpha value is -2.72. The zero-order valence-corrected chi connectivity index (χ0v) is 17.3. The van der Waals surface area contributed by atoms with Gasteiger partial charge in [-0.15, -0.1) is 0 Å². The molecule has 2 atom stereocenters. The third-order valence-corrected chi connectivity index (χ3v) is 5.43. The average molecular weight is 400 g/mol. The van der Waals surface area contributed by atoms with Crippen LogP contribution in [0.3, 0.4) is 0 Å². The predicted molar refractivity (Wildman–Crippen MR) is 121 cm³/mol. The van der Waals surface area contributed by atoms with Gasteiger partial charge in [-0.3, -0.25) is 4.90 Å². The summed E-state index contributed by atoms with van der Waals surface area (Å²) in [5.74, 6) is 0. The molecule has 1 fully saturated rings. The lowest BCUT2D eigenvalue weighted by molar-refractivity contribution is -0.0964. The molecule has 0 radical (unpaired) electrons. The smallest absolute Gasteiger partial charge is 0.107 e. The van der Waals surface area contributed by atoms with Crippen LogP contribution in [0.25, 0.3) is 0 Å². The highest BCUT2D eigenvalue weighted by Crippen LogP contribution is 2.25. The van der Waals surface area contributed by atoms with Crippen LogP contribution in [0.15, 0.2) is 103 Å². The van der Waals surface area contributed by atoms with E-state index < -0.39 is 0 Å². The Kier molecular flexibility index (Phi) is 7.09. The van der Waals surface area contributed by atoms with Gasteiger partial charge in [0.1, 0.15) is 12.2 Å². The van der Waals surface area contributed by atoms with Crippen molar-refractivity contribution in [2.75, 3.05) is 13.1 Å². The molecule has 0 bridgehead atoms. The van der Waals surface area contributed by atoms with Crippen molar-refractivity contribution in [3.63, 3.8) is 0 Å². The lowest BCUT2D eigenvalue weighted by Crippen LogP contribution is -2.49. The summed E-state index contributed by atoms with van der Waals surface area (Å²) in [5, 5.41) is 0. The molecule has 0 N–H and O–H groups in total. The highest BCUT2D eigenvalue weighted by molar-refractivity contribution is 5.19. The van der Waals surface area contributed by atoms with Crippen LogP contribution in [0.5, 0.6) is 0 Å². The van der Waals surface area contributed by atoms with E-state index in [2.05, 4.69) is 66.1 Å². The quantitative estimate of drug-likeness (QED) is 0.484. The molecule has 3 aromatic rings. The standard InChI is InChI=1S/C27H29NO2/c1-22-17-28(18-23-11-5-2-6-12-23)19-26(29-20-24-13-7-3-8-14-24)27(22)30-21-25-15-9-4-10-16-25/h2-16,26-27H,1,17-21H2/t26-,27+/m0/s1. The highest BCUT2D eigenvalue weighted by atomic mass is 16.5. The third-order valence-electron chi connectivity index (χ3n) is 5.43. The van der Waals surface area contributed by atoms with Crippen molar-refractivity contribution in [3.8, 4) is 0 Å². The molecule has 0 aromatic heterocycles.